The first kappa shape index (κ1) is 63.4. The van der Waals surface area contributed by atoms with E-state index in [1.807, 2.05) is 0 Å². The molecule has 66 heavy (non-hydrogen) atoms. The second-order valence-corrected chi connectivity index (χ2v) is 19.5. The van der Waals surface area contributed by atoms with Crippen molar-refractivity contribution in [1.29, 1.82) is 0 Å². The molecule has 0 aromatic carbocycles. The minimum atomic E-state index is -4.77. The molecule has 384 valence electrons. The summed E-state index contributed by atoms with van der Waals surface area (Å²) in [4.78, 5) is 46.1. The highest BCUT2D eigenvalue weighted by Crippen LogP contribution is 2.43. The van der Waals surface area contributed by atoms with E-state index in [1.165, 1.54) is 148 Å². The molecule has 0 saturated carbocycles. The fraction of sp³-hybridized carbons (Fsp3) is 0.796. The Kier molecular flexibility index (Phi) is 47.0. The van der Waals surface area contributed by atoms with Crippen molar-refractivity contribution in [1.82, 2.24) is 5.32 Å². The minimum Gasteiger partial charge on any atom is -0.480 e. The fourth-order valence-electron chi connectivity index (χ4n) is 7.48. The number of unbranched alkanes of at least 4 members (excludes halogenated alkanes) is 28. The van der Waals surface area contributed by atoms with Gasteiger partial charge in [0.05, 0.1) is 13.2 Å². The van der Waals surface area contributed by atoms with Crippen molar-refractivity contribution in [3.8, 4) is 0 Å². The van der Waals surface area contributed by atoms with Gasteiger partial charge in [0.25, 0.3) is 0 Å². The molecule has 0 saturated heterocycles. The monoisotopic (exact) mass is 952 g/mol. The van der Waals surface area contributed by atoms with Gasteiger partial charge in [-0.05, 0) is 57.8 Å². The Labute approximate surface area is 403 Å². The van der Waals surface area contributed by atoms with Crippen LogP contribution in [0.1, 0.15) is 245 Å². The Hall–Kier alpha value is -2.56. The summed E-state index contributed by atoms with van der Waals surface area (Å²) in [5.74, 6) is -2.41. The number of aliphatic carboxylic acids is 1. The van der Waals surface area contributed by atoms with Crippen molar-refractivity contribution in [3.05, 3.63) is 48.6 Å². The van der Waals surface area contributed by atoms with Crippen LogP contribution < -0.4 is 5.32 Å². The minimum absolute atomic E-state index is 0.107. The number of nitrogens with one attached hydrogen (secondary N) is 1. The van der Waals surface area contributed by atoms with Crippen molar-refractivity contribution in [2.24, 2.45) is 0 Å². The highest BCUT2D eigenvalue weighted by Gasteiger charge is 2.28. The quantitative estimate of drug-likeness (QED) is 0.0199. The van der Waals surface area contributed by atoms with Gasteiger partial charge in [0, 0.05) is 12.8 Å². The summed E-state index contributed by atoms with van der Waals surface area (Å²) in [6, 6.07) is -1.57. The zero-order chi connectivity index (χ0) is 48.4. The van der Waals surface area contributed by atoms with Gasteiger partial charge in [-0.15, -0.1) is 0 Å². The van der Waals surface area contributed by atoms with Gasteiger partial charge in [-0.2, -0.15) is 0 Å². The first-order valence-corrected chi connectivity index (χ1v) is 28.2. The summed E-state index contributed by atoms with van der Waals surface area (Å²) >= 11 is 0. The predicted molar refractivity (Wildman–Crippen MR) is 272 cm³/mol. The van der Waals surface area contributed by atoms with E-state index in [0.717, 1.165) is 57.8 Å². The lowest BCUT2D eigenvalue weighted by atomic mass is 10.0. The fourth-order valence-corrected chi connectivity index (χ4v) is 8.25. The lowest BCUT2D eigenvalue weighted by molar-refractivity contribution is -0.147. The lowest BCUT2D eigenvalue weighted by Gasteiger charge is -2.18. The Morgan fingerprint density at radius 3 is 1.27 bits per heavy atom. The summed E-state index contributed by atoms with van der Waals surface area (Å²) in [5, 5.41) is 21.9. The van der Waals surface area contributed by atoms with Crippen LogP contribution in [0.3, 0.4) is 0 Å². The molecule has 0 fully saturated rings. The third kappa shape index (κ3) is 47.9. The summed E-state index contributed by atoms with van der Waals surface area (Å²) in [6.45, 7) is 2.58. The third-order valence-electron chi connectivity index (χ3n) is 11.6. The number of allylic oxidation sites excluding steroid dienone is 8. The molecule has 0 aliphatic heterocycles. The second-order valence-electron chi connectivity index (χ2n) is 18.1. The molecule has 0 heterocycles. The molecule has 0 bridgehead atoms. The summed E-state index contributed by atoms with van der Waals surface area (Å²) in [6.07, 6.45) is 57.1. The van der Waals surface area contributed by atoms with Crippen LogP contribution in [-0.4, -0.2) is 64.9 Å². The average Bonchev–Trinajstić information content (AvgIpc) is 3.29. The highest BCUT2D eigenvalue weighted by molar-refractivity contribution is 7.47. The molecular formula is C54H98NO10P. The van der Waals surface area contributed by atoms with Gasteiger partial charge in [0.15, 0.2) is 6.04 Å². The smallest absolute Gasteiger partial charge is 0.472 e. The number of carboxylic acid groups (broad SMARTS) is 1. The van der Waals surface area contributed by atoms with E-state index in [-0.39, 0.29) is 12.8 Å². The SMILES string of the molecule is CCCCC/C=C\C/C=C\C/C=C\C/C=C\CCCCCC(=O)NC(COP(=O)(O)OCC(O)COC(=O)CCCCCCCCCCCCCCCCCCCCCCCCC)C(=O)O. The molecule has 0 spiro atoms. The van der Waals surface area contributed by atoms with Gasteiger partial charge in [0.2, 0.25) is 5.91 Å². The molecule has 0 aromatic rings. The van der Waals surface area contributed by atoms with Gasteiger partial charge < -0.3 is 25.2 Å². The maximum absolute atomic E-state index is 12.3. The molecule has 0 aliphatic carbocycles. The third-order valence-corrected chi connectivity index (χ3v) is 12.6. The van der Waals surface area contributed by atoms with Crippen LogP contribution in [-0.2, 0) is 32.7 Å². The van der Waals surface area contributed by atoms with Crippen molar-refractivity contribution < 1.29 is 47.8 Å². The van der Waals surface area contributed by atoms with Gasteiger partial charge in [-0.1, -0.05) is 223 Å². The number of hydrogen-bond donors (Lipinski definition) is 4. The van der Waals surface area contributed by atoms with E-state index in [1.54, 1.807) is 0 Å². The number of carboxylic acids is 1. The number of aliphatic hydroxyl groups is 1. The van der Waals surface area contributed by atoms with E-state index >= 15 is 0 Å². The van der Waals surface area contributed by atoms with Crippen molar-refractivity contribution in [2.45, 2.75) is 257 Å². The van der Waals surface area contributed by atoms with Gasteiger partial charge in [-0.3, -0.25) is 18.6 Å². The van der Waals surface area contributed by atoms with Crippen LogP contribution >= 0.6 is 7.82 Å². The van der Waals surface area contributed by atoms with Crippen molar-refractivity contribution >= 4 is 25.7 Å². The summed E-state index contributed by atoms with van der Waals surface area (Å²) in [5.41, 5.74) is 0. The topological polar surface area (TPSA) is 169 Å². The first-order chi connectivity index (χ1) is 32.1. The number of esters is 1. The van der Waals surface area contributed by atoms with E-state index < -0.39 is 57.6 Å². The number of aliphatic hydroxyl groups excluding tert-OH is 1. The molecule has 0 aliphatic rings. The molecule has 4 N–H and O–H groups in total. The molecule has 0 aromatic heterocycles. The zero-order valence-corrected chi connectivity index (χ0v) is 42.9. The molecule has 0 radical (unpaired) electrons. The first-order valence-electron chi connectivity index (χ1n) is 26.7. The van der Waals surface area contributed by atoms with Crippen molar-refractivity contribution in [2.75, 3.05) is 19.8 Å². The molecule has 1 amide bonds. The molecular weight excluding hydrogens is 854 g/mol. The second kappa shape index (κ2) is 48.9. The van der Waals surface area contributed by atoms with E-state index in [2.05, 4.69) is 67.8 Å². The maximum atomic E-state index is 12.3. The number of rotatable bonds is 50. The molecule has 0 rings (SSSR count). The number of carbonyl (C=O) groups excluding carboxylic acids is 2. The lowest BCUT2D eigenvalue weighted by Crippen LogP contribution is -2.43. The number of ether oxygens (including phenoxy) is 1. The number of hydrogen-bond acceptors (Lipinski definition) is 8. The van der Waals surface area contributed by atoms with Gasteiger partial charge >= 0.3 is 19.8 Å². The average molecular weight is 952 g/mol. The Morgan fingerprint density at radius 2 is 0.833 bits per heavy atom. The standard InChI is InChI=1S/C54H98NO10P/c1-3-5-7-9-11-13-15-17-19-21-23-24-25-26-28-30-32-34-36-38-40-42-44-46-53(58)63-47-50(56)48-64-66(61,62)65-49-51(54(59)60)55-52(57)45-43-41-39-37-35-33-31-29-27-22-20-18-16-14-12-10-8-6-4-2/h12,14,18,20,27,29,33,35,50-51,56H,3-11,13,15-17,19,21-26,28,30-32,34,36-49H2,1-2H3,(H,55,57)(H,59,60)(H,61,62)/b14-12-,20-18-,29-27-,35-33-. The predicted octanol–water partition coefficient (Wildman–Crippen LogP) is 14.9. The molecule has 3 unspecified atom stereocenters. The van der Waals surface area contributed by atoms with Gasteiger partial charge in [0.1, 0.15) is 12.7 Å². The van der Waals surface area contributed by atoms with E-state index in [4.69, 9.17) is 13.8 Å². The summed E-state index contributed by atoms with van der Waals surface area (Å²) < 4.78 is 27.0. The number of phosphoric acid groups is 1. The van der Waals surface area contributed by atoms with Crippen LogP contribution in [0.15, 0.2) is 48.6 Å². The Morgan fingerprint density at radius 1 is 0.485 bits per heavy atom. The number of carbonyl (C=O) groups is 3. The van der Waals surface area contributed by atoms with Crippen LogP contribution in [0.5, 0.6) is 0 Å². The van der Waals surface area contributed by atoms with Crippen LogP contribution in [0.25, 0.3) is 0 Å². The van der Waals surface area contributed by atoms with Gasteiger partial charge in [-0.25, -0.2) is 9.36 Å². The molecule has 12 heteroatoms. The van der Waals surface area contributed by atoms with E-state index in [0.29, 0.717) is 12.8 Å². The normalized spacial score (nSPS) is 13.9. The molecule has 11 nitrogen and oxygen atoms in total. The van der Waals surface area contributed by atoms with E-state index in [9.17, 15) is 34.1 Å². The van der Waals surface area contributed by atoms with Crippen LogP contribution in [0.4, 0.5) is 0 Å². The highest BCUT2D eigenvalue weighted by atomic mass is 31.2. The van der Waals surface area contributed by atoms with Crippen LogP contribution in [0, 0.1) is 0 Å². The Bertz CT molecular complexity index is 1300. The molecule has 3 atom stereocenters. The maximum Gasteiger partial charge on any atom is 0.472 e. The van der Waals surface area contributed by atoms with Crippen LogP contribution in [0.2, 0.25) is 0 Å². The summed E-state index contributed by atoms with van der Waals surface area (Å²) in [7, 11) is -4.77. The van der Waals surface area contributed by atoms with Crippen molar-refractivity contribution in [3.63, 3.8) is 0 Å². The number of amides is 1. The largest absolute Gasteiger partial charge is 0.480 e. The zero-order valence-electron chi connectivity index (χ0n) is 42.0. The Balaban J connectivity index is 3.83. The number of phosphoric ester groups is 1.